The maximum Gasteiger partial charge on any atom is 0.274 e. The Balaban J connectivity index is 3.57. The molecule has 1 aromatic carbocycles. The van der Waals surface area contributed by atoms with Crippen molar-refractivity contribution < 1.29 is 23.4 Å². The quantitative estimate of drug-likeness (QED) is 0.904. The third-order valence-corrected chi connectivity index (χ3v) is 2.66. The van der Waals surface area contributed by atoms with Crippen molar-refractivity contribution in [1.29, 1.82) is 0 Å². The van der Waals surface area contributed by atoms with Gasteiger partial charge in [0.25, 0.3) is 5.92 Å². The summed E-state index contributed by atoms with van der Waals surface area (Å²) >= 11 is 0. The molecule has 0 aliphatic rings. The first-order chi connectivity index (χ1) is 8.11. The van der Waals surface area contributed by atoms with E-state index in [9.17, 15) is 13.9 Å². The van der Waals surface area contributed by atoms with Gasteiger partial charge in [0.2, 0.25) is 0 Å². The minimum absolute atomic E-state index is 0.0157. The first-order valence-corrected chi connectivity index (χ1v) is 5.48. The van der Waals surface area contributed by atoms with Gasteiger partial charge in [0.15, 0.2) is 11.5 Å². The molecular formula is C13H18F2O3. The zero-order chi connectivity index (χ0) is 14.1. The molecule has 0 amide bonds. The van der Waals surface area contributed by atoms with Crippen molar-refractivity contribution in [3.05, 3.63) is 23.3 Å². The van der Waals surface area contributed by atoms with Crippen LogP contribution in [0.2, 0.25) is 0 Å². The van der Waals surface area contributed by atoms with Crippen LogP contribution in [0, 0.1) is 0 Å². The molecule has 1 rings (SSSR count). The molecule has 0 unspecified atom stereocenters. The lowest BCUT2D eigenvalue weighted by atomic mass is 9.94. The molecule has 0 atom stereocenters. The van der Waals surface area contributed by atoms with Crippen LogP contribution in [0.4, 0.5) is 8.78 Å². The highest BCUT2D eigenvalue weighted by atomic mass is 19.3. The highest BCUT2D eigenvalue weighted by molar-refractivity contribution is 5.52. The molecule has 0 aliphatic carbocycles. The molecule has 1 aromatic rings. The van der Waals surface area contributed by atoms with Gasteiger partial charge in [-0.3, -0.25) is 0 Å². The minimum Gasteiger partial charge on any atom is -0.493 e. The van der Waals surface area contributed by atoms with E-state index in [1.807, 2.05) is 0 Å². The maximum absolute atomic E-state index is 13.6. The lowest BCUT2D eigenvalue weighted by Crippen LogP contribution is -2.18. The second kappa shape index (κ2) is 4.72. The number of hydrogen-bond acceptors (Lipinski definition) is 3. The fraction of sp³-hybridized carbons (Fsp3) is 0.538. The molecule has 0 saturated carbocycles. The Morgan fingerprint density at radius 2 is 1.61 bits per heavy atom. The fourth-order valence-corrected chi connectivity index (χ4v) is 1.64. The van der Waals surface area contributed by atoms with Gasteiger partial charge in [-0.15, -0.1) is 0 Å². The van der Waals surface area contributed by atoms with Crippen molar-refractivity contribution in [3.8, 4) is 11.5 Å². The first-order valence-electron chi connectivity index (χ1n) is 5.48. The van der Waals surface area contributed by atoms with Crippen LogP contribution in [0.3, 0.4) is 0 Å². The van der Waals surface area contributed by atoms with Gasteiger partial charge in [0.1, 0.15) is 0 Å². The summed E-state index contributed by atoms with van der Waals surface area (Å²) in [5, 5.41) is 9.92. The summed E-state index contributed by atoms with van der Waals surface area (Å²) in [5.74, 6) is -2.92. The Morgan fingerprint density at radius 3 is 1.94 bits per heavy atom. The maximum atomic E-state index is 13.6. The smallest absolute Gasteiger partial charge is 0.274 e. The molecule has 3 nitrogen and oxygen atoms in total. The topological polar surface area (TPSA) is 38.7 Å². The van der Waals surface area contributed by atoms with E-state index in [0.717, 1.165) is 6.92 Å². The molecule has 0 radical (unpaired) electrons. The molecule has 102 valence electrons. The number of methoxy groups -OCH3 is 2. The number of hydrogen-bond donors (Lipinski definition) is 1. The number of alkyl halides is 2. The molecule has 0 aromatic heterocycles. The Kier molecular flexibility index (Phi) is 3.86. The van der Waals surface area contributed by atoms with E-state index in [4.69, 9.17) is 9.47 Å². The highest BCUT2D eigenvalue weighted by Gasteiger charge is 2.33. The monoisotopic (exact) mass is 260 g/mol. The van der Waals surface area contributed by atoms with Crippen LogP contribution >= 0.6 is 0 Å². The third-order valence-electron chi connectivity index (χ3n) is 2.66. The van der Waals surface area contributed by atoms with Crippen LogP contribution in [0.5, 0.6) is 11.5 Å². The van der Waals surface area contributed by atoms with E-state index in [0.29, 0.717) is 5.56 Å². The molecule has 0 spiro atoms. The highest BCUT2D eigenvalue weighted by Crippen LogP contribution is 2.43. The number of benzene rings is 1. The molecule has 0 fully saturated rings. The minimum atomic E-state index is -3.08. The van der Waals surface area contributed by atoms with Crippen molar-refractivity contribution in [2.24, 2.45) is 0 Å². The van der Waals surface area contributed by atoms with Crippen molar-refractivity contribution >= 4 is 0 Å². The van der Waals surface area contributed by atoms with E-state index in [2.05, 4.69) is 0 Å². The third kappa shape index (κ3) is 2.90. The van der Waals surface area contributed by atoms with Crippen LogP contribution in [0.25, 0.3) is 0 Å². The van der Waals surface area contributed by atoms with E-state index in [-0.39, 0.29) is 17.1 Å². The predicted octanol–water partition coefficient (Wildman–Crippen LogP) is 3.04. The first kappa shape index (κ1) is 14.7. The number of rotatable bonds is 4. The molecule has 1 N–H and O–H groups in total. The van der Waals surface area contributed by atoms with Gasteiger partial charge in [-0.2, -0.15) is 0 Å². The van der Waals surface area contributed by atoms with Gasteiger partial charge in [-0.25, -0.2) is 8.78 Å². The molecule has 0 bridgehead atoms. The molecule has 5 heteroatoms. The van der Waals surface area contributed by atoms with Gasteiger partial charge in [-0.05, 0) is 31.5 Å². The largest absolute Gasteiger partial charge is 0.493 e. The van der Waals surface area contributed by atoms with Gasteiger partial charge in [0, 0.05) is 6.92 Å². The van der Waals surface area contributed by atoms with Crippen LogP contribution < -0.4 is 9.47 Å². The summed E-state index contributed by atoms with van der Waals surface area (Å²) in [6, 6.07) is 2.73. The molecular weight excluding hydrogens is 242 g/mol. The fourth-order valence-electron chi connectivity index (χ4n) is 1.64. The summed E-state index contributed by atoms with van der Waals surface area (Å²) in [5.41, 5.74) is -1.20. The van der Waals surface area contributed by atoms with Crippen LogP contribution in [0.15, 0.2) is 12.1 Å². The summed E-state index contributed by atoms with van der Waals surface area (Å²) in [4.78, 5) is 0. The van der Waals surface area contributed by atoms with E-state index < -0.39 is 11.5 Å². The second-order valence-corrected chi connectivity index (χ2v) is 4.71. The van der Waals surface area contributed by atoms with Gasteiger partial charge in [-0.1, -0.05) is 0 Å². The molecule has 18 heavy (non-hydrogen) atoms. The number of halogens is 2. The second-order valence-electron chi connectivity index (χ2n) is 4.71. The van der Waals surface area contributed by atoms with Crippen LogP contribution in [-0.2, 0) is 11.5 Å². The number of ether oxygens (including phenoxy) is 2. The van der Waals surface area contributed by atoms with Gasteiger partial charge < -0.3 is 14.6 Å². The normalized spacial score (nSPS) is 12.4. The van der Waals surface area contributed by atoms with Crippen LogP contribution in [-0.4, -0.2) is 19.3 Å². The van der Waals surface area contributed by atoms with Crippen molar-refractivity contribution in [2.75, 3.05) is 14.2 Å². The van der Waals surface area contributed by atoms with Gasteiger partial charge >= 0.3 is 0 Å². The lowest BCUT2D eigenvalue weighted by molar-refractivity contribution is 0.0139. The SMILES string of the molecule is COc1cc(C(C)(C)O)cc(C(C)(F)F)c1OC. The average Bonchev–Trinajstić information content (AvgIpc) is 2.24. The molecule has 0 aliphatic heterocycles. The Bertz CT molecular complexity index is 431. The van der Waals surface area contributed by atoms with Crippen molar-refractivity contribution in [3.63, 3.8) is 0 Å². The number of aliphatic hydroxyl groups is 1. The molecule has 0 saturated heterocycles. The Hall–Kier alpha value is -1.36. The van der Waals surface area contributed by atoms with Crippen LogP contribution in [0.1, 0.15) is 31.9 Å². The average molecular weight is 260 g/mol. The van der Waals surface area contributed by atoms with E-state index in [1.165, 1.54) is 40.2 Å². The zero-order valence-electron chi connectivity index (χ0n) is 11.2. The van der Waals surface area contributed by atoms with E-state index >= 15 is 0 Å². The summed E-state index contributed by atoms with van der Waals surface area (Å²) in [6.45, 7) is 3.82. The summed E-state index contributed by atoms with van der Waals surface area (Å²) in [7, 11) is 2.67. The standard InChI is InChI=1S/C13H18F2O3/c1-12(2,16)8-6-9(13(3,14)15)11(18-5)10(7-8)17-4/h6-7,16H,1-5H3. The summed E-state index contributed by atoms with van der Waals surface area (Å²) < 4.78 is 37.2. The van der Waals surface area contributed by atoms with E-state index in [1.54, 1.807) is 0 Å². The predicted molar refractivity (Wildman–Crippen MR) is 64.4 cm³/mol. The van der Waals surface area contributed by atoms with Gasteiger partial charge in [0.05, 0.1) is 25.4 Å². The zero-order valence-corrected chi connectivity index (χ0v) is 11.2. The Labute approximate surface area is 105 Å². The van der Waals surface area contributed by atoms with Crippen molar-refractivity contribution in [2.45, 2.75) is 32.3 Å². The Morgan fingerprint density at radius 1 is 1.06 bits per heavy atom. The summed E-state index contributed by atoms with van der Waals surface area (Å²) in [6.07, 6.45) is 0. The van der Waals surface area contributed by atoms with Crippen molar-refractivity contribution in [1.82, 2.24) is 0 Å². The molecule has 0 heterocycles. The lowest BCUT2D eigenvalue weighted by Gasteiger charge is -2.24.